The van der Waals surface area contributed by atoms with Gasteiger partial charge in [0.1, 0.15) is 28.5 Å². The summed E-state index contributed by atoms with van der Waals surface area (Å²) in [7, 11) is 0. The molecule has 1 aliphatic heterocycles. The van der Waals surface area contributed by atoms with Crippen LogP contribution in [0, 0.1) is 5.82 Å². The number of halogens is 3. The lowest BCUT2D eigenvalue weighted by molar-refractivity contribution is -0.127. The molecule has 30 heavy (non-hydrogen) atoms. The third-order valence-electron chi connectivity index (χ3n) is 5.10. The Kier molecular flexibility index (Phi) is 5.49. The summed E-state index contributed by atoms with van der Waals surface area (Å²) >= 11 is 12.2. The molecule has 0 radical (unpaired) electrons. The average molecular weight is 447 g/mol. The van der Waals surface area contributed by atoms with E-state index in [1.165, 1.54) is 18.2 Å². The second kappa shape index (κ2) is 8.08. The number of nitrogens with zero attached hydrogens (tertiary/aromatic N) is 2. The molecule has 2 unspecified atom stereocenters. The largest absolute Gasteiger partial charge is 0.331 e. The minimum atomic E-state index is -0.760. The van der Waals surface area contributed by atoms with Gasteiger partial charge >= 0.3 is 6.03 Å². The van der Waals surface area contributed by atoms with E-state index in [2.05, 4.69) is 15.3 Å². The van der Waals surface area contributed by atoms with Crippen LogP contribution in [0.5, 0.6) is 0 Å². The SMILES string of the molecule is CC(c1ccccc1)C(c1nc(-c2ccc(Cl)cc2F)c(Cl)[nH]1)N1C(=O)CNC1=O. The monoisotopic (exact) mass is 446 g/mol. The molecule has 1 aromatic heterocycles. The molecule has 6 nitrogen and oxygen atoms in total. The molecular formula is C21H17Cl2FN4O2. The van der Waals surface area contributed by atoms with E-state index < -0.39 is 17.9 Å². The van der Waals surface area contributed by atoms with E-state index in [1.54, 1.807) is 0 Å². The van der Waals surface area contributed by atoms with E-state index in [0.717, 1.165) is 10.5 Å². The van der Waals surface area contributed by atoms with Crippen molar-refractivity contribution in [3.05, 3.63) is 75.9 Å². The topological polar surface area (TPSA) is 78.1 Å². The molecule has 0 saturated carbocycles. The predicted octanol–water partition coefficient (Wildman–Crippen LogP) is 4.92. The van der Waals surface area contributed by atoms with Crippen molar-refractivity contribution in [2.24, 2.45) is 0 Å². The van der Waals surface area contributed by atoms with Crippen molar-refractivity contribution in [2.45, 2.75) is 18.9 Å². The van der Waals surface area contributed by atoms with Gasteiger partial charge in [0.15, 0.2) is 0 Å². The first-order valence-electron chi connectivity index (χ1n) is 9.22. The van der Waals surface area contributed by atoms with Crippen molar-refractivity contribution >= 4 is 35.1 Å². The summed E-state index contributed by atoms with van der Waals surface area (Å²) in [6.07, 6.45) is 0. The maximum absolute atomic E-state index is 14.4. The van der Waals surface area contributed by atoms with Crippen molar-refractivity contribution < 1.29 is 14.0 Å². The van der Waals surface area contributed by atoms with Crippen LogP contribution in [0.2, 0.25) is 10.2 Å². The van der Waals surface area contributed by atoms with E-state index in [0.29, 0.717) is 0 Å². The number of imide groups is 1. The smallest absolute Gasteiger partial charge is 0.325 e. The summed E-state index contributed by atoms with van der Waals surface area (Å²) in [5.41, 5.74) is 1.25. The fourth-order valence-corrected chi connectivity index (χ4v) is 4.01. The number of nitrogens with one attached hydrogen (secondary N) is 2. The molecule has 0 aliphatic carbocycles. The van der Waals surface area contributed by atoms with E-state index in [1.807, 2.05) is 37.3 Å². The van der Waals surface area contributed by atoms with Crippen LogP contribution in [-0.2, 0) is 4.79 Å². The molecule has 1 aliphatic rings. The molecule has 2 heterocycles. The highest BCUT2D eigenvalue weighted by molar-refractivity contribution is 6.32. The van der Waals surface area contributed by atoms with E-state index in [9.17, 15) is 14.0 Å². The molecule has 3 aromatic rings. The lowest BCUT2D eigenvalue weighted by Crippen LogP contribution is -2.38. The van der Waals surface area contributed by atoms with Crippen LogP contribution in [0.1, 0.15) is 30.3 Å². The Morgan fingerprint density at radius 1 is 1.13 bits per heavy atom. The summed E-state index contributed by atoms with van der Waals surface area (Å²) in [6, 6.07) is 12.3. The number of rotatable bonds is 5. The number of H-pyrrole nitrogens is 1. The number of hydrogen-bond acceptors (Lipinski definition) is 3. The number of carbonyl (C=O) groups excluding carboxylic acids is 2. The van der Waals surface area contributed by atoms with Gasteiger partial charge in [-0.3, -0.25) is 9.69 Å². The maximum Gasteiger partial charge on any atom is 0.325 e. The van der Waals surface area contributed by atoms with Crippen LogP contribution in [0.25, 0.3) is 11.3 Å². The van der Waals surface area contributed by atoms with E-state index >= 15 is 0 Å². The summed E-state index contributed by atoms with van der Waals surface area (Å²) < 4.78 is 14.4. The summed E-state index contributed by atoms with van der Waals surface area (Å²) in [6.45, 7) is 1.79. The van der Waals surface area contributed by atoms with Crippen LogP contribution in [0.3, 0.4) is 0 Å². The van der Waals surface area contributed by atoms with Gasteiger partial charge in [-0.15, -0.1) is 0 Å². The Morgan fingerprint density at radius 3 is 2.50 bits per heavy atom. The highest BCUT2D eigenvalue weighted by Crippen LogP contribution is 2.38. The van der Waals surface area contributed by atoms with Gasteiger partial charge in [0.2, 0.25) is 0 Å². The zero-order valence-electron chi connectivity index (χ0n) is 15.8. The first-order chi connectivity index (χ1) is 14.4. The number of imidazole rings is 1. The van der Waals surface area contributed by atoms with Crippen molar-refractivity contribution in [2.75, 3.05) is 6.54 Å². The van der Waals surface area contributed by atoms with Gasteiger partial charge in [-0.05, 0) is 23.8 Å². The van der Waals surface area contributed by atoms with Crippen molar-refractivity contribution in [1.82, 2.24) is 20.2 Å². The van der Waals surface area contributed by atoms with Gasteiger partial charge < -0.3 is 10.3 Å². The van der Waals surface area contributed by atoms with Crippen LogP contribution in [-0.4, -0.2) is 33.4 Å². The molecule has 9 heteroatoms. The number of aromatic amines is 1. The Balaban J connectivity index is 1.82. The van der Waals surface area contributed by atoms with Crippen LogP contribution in [0.4, 0.5) is 9.18 Å². The normalized spacial score (nSPS) is 15.9. The fourth-order valence-electron chi connectivity index (χ4n) is 3.61. The lowest BCUT2D eigenvalue weighted by atomic mass is 9.91. The van der Waals surface area contributed by atoms with Gasteiger partial charge in [-0.2, -0.15) is 0 Å². The molecular weight excluding hydrogens is 430 g/mol. The first-order valence-corrected chi connectivity index (χ1v) is 9.98. The summed E-state index contributed by atoms with van der Waals surface area (Å²) in [5, 5.41) is 2.88. The predicted molar refractivity (Wildman–Crippen MR) is 112 cm³/mol. The van der Waals surface area contributed by atoms with E-state index in [4.69, 9.17) is 23.2 Å². The Labute approximate surface area is 182 Å². The zero-order chi connectivity index (χ0) is 21.4. The molecule has 2 aromatic carbocycles. The average Bonchev–Trinajstić information content (AvgIpc) is 3.26. The highest BCUT2D eigenvalue weighted by Gasteiger charge is 2.41. The second-order valence-electron chi connectivity index (χ2n) is 6.98. The standard InChI is InChI=1S/C21H17Cl2FN4O2/c1-11(12-5-3-2-4-6-12)18(28-16(29)10-25-21(28)30)20-26-17(19(23)27-20)14-8-7-13(22)9-15(14)24/h2-9,11,18H,10H2,1H3,(H,25,30)(H,26,27). The molecule has 0 bridgehead atoms. The molecule has 2 N–H and O–H groups in total. The van der Waals surface area contributed by atoms with Crippen LogP contribution >= 0.6 is 23.2 Å². The third kappa shape index (κ3) is 3.66. The molecule has 0 spiro atoms. The lowest BCUT2D eigenvalue weighted by Gasteiger charge is -2.29. The first kappa shape index (κ1) is 20.4. The molecule has 1 saturated heterocycles. The van der Waals surface area contributed by atoms with Crippen LogP contribution < -0.4 is 5.32 Å². The van der Waals surface area contributed by atoms with Gasteiger partial charge in [-0.25, -0.2) is 14.2 Å². The Hall–Kier alpha value is -2.90. The highest BCUT2D eigenvalue weighted by atomic mass is 35.5. The number of benzene rings is 2. The minimum absolute atomic E-state index is 0.0933. The van der Waals surface area contributed by atoms with Gasteiger partial charge in [0.25, 0.3) is 5.91 Å². The van der Waals surface area contributed by atoms with Crippen molar-refractivity contribution in [3.63, 3.8) is 0 Å². The Morgan fingerprint density at radius 2 is 1.87 bits per heavy atom. The molecule has 1 fully saturated rings. The van der Waals surface area contributed by atoms with Gasteiger partial charge in [0, 0.05) is 16.5 Å². The fraction of sp³-hybridized carbons (Fsp3) is 0.190. The third-order valence-corrected chi connectivity index (χ3v) is 5.61. The quantitative estimate of drug-likeness (QED) is 0.545. The number of aromatic nitrogens is 2. The molecule has 4 rings (SSSR count). The van der Waals surface area contributed by atoms with Gasteiger partial charge in [-0.1, -0.05) is 60.5 Å². The number of hydrogen-bond donors (Lipinski definition) is 2. The Bertz CT molecular complexity index is 1100. The number of amides is 3. The zero-order valence-corrected chi connectivity index (χ0v) is 17.3. The molecule has 3 amide bonds. The van der Waals surface area contributed by atoms with Crippen molar-refractivity contribution in [3.8, 4) is 11.3 Å². The molecule has 154 valence electrons. The minimum Gasteiger partial charge on any atom is -0.331 e. The molecule has 2 atom stereocenters. The maximum atomic E-state index is 14.4. The number of urea groups is 1. The summed E-state index contributed by atoms with van der Waals surface area (Å²) in [4.78, 5) is 33.5. The number of carbonyl (C=O) groups is 2. The van der Waals surface area contributed by atoms with E-state index in [-0.39, 0.29) is 45.6 Å². The van der Waals surface area contributed by atoms with Gasteiger partial charge in [0.05, 0.1) is 6.54 Å². The summed E-state index contributed by atoms with van der Waals surface area (Å²) in [5.74, 6) is -0.972. The second-order valence-corrected chi connectivity index (χ2v) is 7.79. The van der Waals surface area contributed by atoms with Crippen molar-refractivity contribution in [1.29, 1.82) is 0 Å². The van der Waals surface area contributed by atoms with Crippen LogP contribution in [0.15, 0.2) is 48.5 Å².